The van der Waals surface area contributed by atoms with Crippen molar-refractivity contribution < 1.29 is 0 Å². The first-order valence-corrected chi connectivity index (χ1v) is 6.48. The van der Waals surface area contributed by atoms with Crippen LogP contribution in [0.2, 0.25) is 0 Å². The lowest BCUT2D eigenvalue weighted by molar-refractivity contribution is 0.624. The van der Waals surface area contributed by atoms with Gasteiger partial charge < -0.3 is 5.73 Å². The highest BCUT2D eigenvalue weighted by Crippen LogP contribution is 2.19. The van der Waals surface area contributed by atoms with Crippen molar-refractivity contribution in [1.29, 1.82) is 0 Å². The molecule has 90 valence electrons. The summed E-state index contributed by atoms with van der Waals surface area (Å²) in [5.74, 6) is 0.679. The van der Waals surface area contributed by atoms with E-state index >= 15 is 0 Å². The van der Waals surface area contributed by atoms with Gasteiger partial charge in [-0.2, -0.15) is 0 Å². The summed E-state index contributed by atoms with van der Waals surface area (Å²) >= 11 is 0. The van der Waals surface area contributed by atoms with Crippen LogP contribution in [0.25, 0.3) is 0 Å². The Morgan fingerprint density at radius 3 is 2.25 bits per heavy atom. The SMILES string of the molecule is CCC(C)c1ccc(CCCC(C)N)cc1. The topological polar surface area (TPSA) is 26.0 Å². The molecule has 16 heavy (non-hydrogen) atoms. The maximum Gasteiger partial charge on any atom is 0.00105 e. The molecule has 1 aromatic rings. The monoisotopic (exact) mass is 219 g/mol. The molecule has 0 fully saturated rings. The van der Waals surface area contributed by atoms with E-state index in [1.807, 2.05) is 0 Å². The van der Waals surface area contributed by atoms with Crippen LogP contribution in [0.4, 0.5) is 0 Å². The minimum atomic E-state index is 0.333. The quantitative estimate of drug-likeness (QED) is 0.772. The van der Waals surface area contributed by atoms with E-state index in [1.165, 1.54) is 24.0 Å². The van der Waals surface area contributed by atoms with Gasteiger partial charge in [-0.15, -0.1) is 0 Å². The first kappa shape index (κ1) is 13.2. The highest BCUT2D eigenvalue weighted by molar-refractivity contribution is 5.25. The van der Waals surface area contributed by atoms with Gasteiger partial charge >= 0.3 is 0 Å². The van der Waals surface area contributed by atoms with Crippen LogP contribution in [-0.4, -0.2) is 6.04 Å². The third-order valence-corrected chi connectivity index (χ3v) is 3.29. The molecular formula is C15H25N. The fraction of sp³-hybridized carbons (Fsp3) is 0.600. The van der Waals surface area contributed by atoms with Crippen molar-refractivity contribution in [1.82, 2.24) is 0 Å². The summed E-state index contributed by atoms with van der Waals surface area (Å²) in [6, 6.07) is 9.41. The highest BCUT2D eigenvalue weighted by Gasteiger charge is 2.02. The minimum absolute atomic E-state index is 0.333. The Kier molecular flexibility index (Phi) is 5.54. The molecule has 0 saturated heterocycles. The van der Waals surface area contributed by atoms with Gasteiger partial charge in [-0.05, 0) is 49.7 Å². The molecule has 0 amide bonds. The Bertz CT molecular complexity index is 287. The molecule has 0 saturated carbocycles. The molecular weight excluding hydrogens is 194 g/mol. The first-order valence-electron chi connectivity index (χ1n) is 6.48. The number of hydrogen-bond donors (Lipinski definition) is 1. The maximum atomic E-state index is 5.74. The van der Waals surface area contributed by atoms with Crippen LogP contribution in [0.3, 0.4) is 0 Å². The van der Waals surface area contributed by atoms with Crippen LogP contribution in [0.15, 0.2) is 24.3 Å². The molecule has 2 N–H and O–H groups in total. The van der Waals surface area contributed by atoms with Gasteiger partial charge in [-0.25, -0.2) is 0 Å². The summed E-state index contributed by atoms with van der Waals surface area (Å²) in [4.78, 5) is 0. The van der Waals surface area contributed by atoms with E-state index < -0.39 is 0 Å². The second-order valence-electron chi connectivity index (χ2n) is 4.92. The molecule has 0 radical (unpaired) electrons. The number of aryl methyl sites for hydroxylation is 1. The van der Waals surface area contributed by atoms with Crippen molar-refractivity contribution in [3.63, 3.8) is 0 Å². The third kappa shape index (κ3) is 4.36. The van der Waals surface area contributed by atoms with Crippen molar-refractivity contribution in [3.05, 3.63) is 35.4 Å². The van der Waals surface area contributed by atoms with Gasteiger partial charge in [0.15, 0.2) is 0 Å². The number of benzene rings is 1. The molecule has 0 aliphatic heterocycles. The second kappa shape index (κ2) is 6.70. The Morgan fingerprint density at radius 1 is 1.12 bits per heavy atom. The van der Waals surface area contributed by atoms with Crippen molar-refractivity contribution in [2.45, 2.75) is 58.4 Å². The molecule has 0 spiro atoms. The van der Waals surface area contributed by atoms with E-state index in [0.717, 1.165) is 12.8 Å². The van der Waals surface area contributed by atoms with Gasteiger partial charge in [0, 0.05) is 6.04 Å². The lowest BCUT2D eigenvalue weighted by Gasteiger charge is -2.10. The predicted octanol–water partition coefficient (Wildman–Crippen LogP) is 3.87. The van der Waals surface area contributed by atoms with E-state index in [4.69, 9.17) is 5.73 Å². The van der Waals surface area contributed by atoms with E-state index in [1.54, 1.807) is 0 Å². The zero-order valence-electron chi connectivity index (χ0n) is 10.9. The predicted molar refractivity (Wildman–Crippen MR) is 71.7 cm³/mol. The largest absolute Gasteiger partial charge is 0.328 e. The van der Waals surface area contributed by atoms with Crippen molar-refractivity contribution in [3.8, 4) is 0 Å². The maximum absolute atomic E-state index is 5.74. The Balaban J connectivity index is 2.45. The van der Waals surface area contributed by atoms with Crippen LogP contribution < -0.4 is 5.73 Å². The van der Waals surface area contributed by atoms with E-state index in [0.29, 0.717) is 12.0 Å². The molecule has 1 heteroatoms. The first-order chi connectivity index (χ1) is 7.63. The van der Waals surface area contributed by atoms with E-state index in [2.05, 4.69) is 45.0 Å². The number of rotatable bonds is 6. The summed E-state index contributed by atoms with van der Waals surface area (Å²) in [6.45, 7) is 6.60. The second-order valence-corrected chi connectivity index (χ2v) is 4.92. The summed E-state index contributed by atoms with van der Waals surface area (Å²) in [5.41, 5.74) is 8.63. The van der Waals surface area contributed by atoms with E-state index in [9.17, 15) is 0 Å². The average Bonchev–Trinajstić information content (AvgIpc) is 2.28. The lowest BCUT2D eigenvalue weighted by atomic mass is 9.96. The summed E-state index contributed by atoms with van der Waals surface area (Å²) in [5, 5.41) is 0. The normalized spacial score (nSPS) is 14.8. The van der Waals surface area contributed by atoms with Crippen LogP contribution in [-0.2, 0) is 6.42 Å². The fourth-order valence-electron chi connectivity index (χ4n) is 1.88. The fourth-order valence-corrected chi connectivity index (χ4v) is 1.88. The average molecular weight is 219 g/mol. The highest BCUT2D eigenvalue weighted by atomic mass is 14.6. The summed E-state index contributed by atoms with van der Waals surface area (Å²) < 4.78 is 0. The lowest BCUT2D eigenvalue weighted by Crippen LogP contribution is -2.14. The molecule has 1 rings (SSSR count). The van der Waals surface area contributed by atoms with Gasteiger partial charge in [0.1, 0.15) is 0 Å². The van der Waals surface area contributed by atoms with Crippen molar-refractivity contribution >= 4 is 0 Å². The standard InChI is InChI=1S/C15H25N/c1-4-12(2)15-10-8-14(9-11-15)7-5-6-13(3)16/h8-13H,4-7,16H2,1-3H3. The van der Waals surface area contributed by atoms with E-state index in [-0.39, 0.29) is 0 Å². The minimum Gasteiger partial charge on any atom is -0.328 e. The van der Waals surface area contributed by atoms with Crippen LogP contribution in [0.5, 0.6) is 0 Å². The summed E-state index contributed by atoms with van der Waals surface area (Å²) in [7, 11) is 0. The number of nitrogens with two attached hydrogens (primary N) is 1. The molecule has 2 atom stereocenters. The van der Waals surface area contributed by atoms with Gasteiger partial charge in [0.2, 0.25) is 0 Å². The summed E-state index contributed by atoms with van der Waals surface area (Å²) in [6.07, 6.45) is 4.68. The third-order valence-electron chi connectivity index (χ3n) is 3.29. The Labute approximate surface area is 100 Å². The van der Waals surface area contributed by atoms with Gasteiger partial charge in [0.05, 0.1) is 0 Å². The van der Waals surface area contributed by atoms with Gasteiger partial charge in [-0.1, -0.05) is 38.1 Å². The Morgan fingerprint density at radius 2 is 1.75 bits per heavy atom. The van der Waals surface area contributed by atoms with Crippen LogP contribution >= 0.6 is 0 Å². The number of hydrogen-bond acceptors (Lipinski definition) is 1. The zero-order chi connectivity index (χ0) is 12.0. The van der Waals surface area contributed by atoms with Crippen LogP contribution in [0.1, 0.15) is 57.1 Å². The Hall–Kier alpha value is -0.820. The van der Waals surface area contributed by atoms with Gasteiger partial charge in [0.25, 0.3) is 0 Å². The molecule has 0 aliphatic carbocycles. The smallest absolute Gasteiger partial charge is 0.00105 e. The molecule has 0 heterocycles. The van der Waals surface area contributed by atoms with Crippen LogP contribution in [0, 0.1) is 0 Å². The molecule has 0 aromatic heterocycles. The van der Waals surface area contributed by atoms with Crippen molar-refractivity contribution in [2.75, 3.05) is 0 Å². The van der Waals surface area contributed by atoms with Crippen molar-refractivity contribution in [2.24, 2.45) is 5.73 Å². The molecule has 0 bridgehead atoms. The molecule has 1 nitrogen and oxygen atoms in total. The zero-order valence-corrected chi connectivity index (χ0v) is 10.9. The molecule has 1 aromatic carbocycles. The molecule has 2 unspecified atom stereocenters. The van der Waals surface area contributed by atoms with Gasteiger partial charge in [-0.3, -0.25) is 0 Å². The molecule has 0 aliphatic rings.